The quantitative estimate of drug-likeness (QED) is 0.903. The van der Waals surface area contributed by atoms with E-state index in [1.54, 1.807) is 18.2 Å². The number of anilines is 1. The van der Waals surface area contributed by atoms with Crippen molar-refractivity contribution in [3.63, 3.8) is 0 Å². The van der Waals surface area contributed by atoms with Crippen molar-refractivity contribution in [2.24, 2.45) is 0 Å². The molecule has 0 bridgehead atoms. The SMILES string of the molecule is Cc1cccc(Oc2ccc(Cl)cc2NS(=O)(=O)N(C)C)c1. The fourth-order valence-corrected chi connectivity index (χ4v) is 2.50. The van der Waals surface area contributed by atoms with Crippen LogP contribution >= 0.6 is 11.6 Å². The summed E-state index contributed by atoms with van der Waals surface area (Å²) < 4.78 is 33.3. The van der Waals surface area contributed by atoms with Gasteiger partial charge in [-0.15, -0.1) is 0 Å². The minimum absolute atomic E-state index is 0.280. The van der Waals surface area contributed by atoms with Crippen molar-refractivity contribution in [2.75, 3.05) is 18.8 Å². The van der Waals surface area contributed by atoms with E-state index in [0.29, 0.717) is 16.5 Å². The van der Waals surface area contributed by atoms with Gasteiger partial charge in [0.25, 0.3) is 0 Å². The van der Waals surface area contributed by atoms with Gasteiger partial charge in [0, 0.05) is 19.1 Å². The maximum atomic E-state index is 12.0. The Morgan fingerprint density at radius 1 is 1.14 bits per heavy atom. The van der Waals surface area contributed by atoms with E-state index in [-0.39, 0.29) is 5.69 Å². The molecule has 0 fully saturated rings. The van der Waals surface area contributed by atoms with Gasteiger partial charge in [-0.25, -0.2) is 0 Å². The molecule has 5 nitrogen and oxygen atoms in total. The summed E-state index contributed by atoms with van der Waals surface area (Å²) in [6.45, 7) is 1.95. The molecule has 0 saturated heterocycles. The highest BCUT2D eigenvalue weighted by molar-refractivity contribution is 7.90. The van der Waals surface area contributed by atoms with Crippen molar-refractivity contribution in [3.05, 3.63) is 53.1 Å². The summed E-state index contributed by atoms with van der Waals surface area (Å²) in [4.78, 5) is 0. The second kappa shape index (κ2) is 6.56. The van der Waals surface area contributed by atoms with Crippen molar-refractivity contribution < 1.29 is 13.2 Å². The van der Waals surface area contributed by atoms with Gasteiger partial charge in [0.15, 0.2) is 5.75 Å². The van der Waals surface area contributed by atoms with Crippen LogP contribution in [0.4, 0.5) is 5.69 Å². The zero-order valence-electron chi connectivity index (χ0n) is 12.5. The lowest BCUT2D eigenvalue weighted by molar-refractivity contribution is 0.483. The molecular weight excluding hydrogens is 324 g/mol. The molecule has 2 aromatic rings. The van der Waals surface area contributed by atoms with E-state index in [2.05, 4.69) is 4.72 Å². The highest BCUT2D eigenvalue weighted by Crippen LogP contribution is 2.33. The molecule has 0 unspecified atom stereocenters. The van der Waals surface area contributed by atoms with Gasteiger partial charge in [-0.3, -0.25) is 4.72 Å². The van der Waals surface area contributed by atoms with Gasteiger partial charge in [0.1, 0.15) is 5.75 Å². The largest absolute Gasteiger partial charge is 0.455 e. The predicted molar refractivity (Wildman–Crippen MR) is 88.9 cm³/mol. The van der Waals surface area contributed by atoms with Gasteiger partial charge < -0.3 is 4.74 Å². The van der Waals surface area contributed by atoms with Crippen molar-refractivity contribution >= 4 is 27.5 Å². The molecule has 0 spiro atoms. The monoisotopic (exact) mass is 340 g/mol. The summed E-state index contributed by atoms with van der Waals surface area (Å²) in [6.07, 6.45) is 0. The second-order valence-corrected chi connectivity index (χ2v) is 7.27. The zero-order chi connectivity index (χ0) is 16.3. The van der Waals surface area contributed by atoms with Gasteiger partial charge in [-0.2, -0.15) is 12.7 Å². The Balaban J connectivity index is 2.36. The molecule has 0 aromatic heterocycles. The summed E-state index contributed by atoms with van der Waals surface area (Å²) in [5.41, 5.74) is 1.32. The van der Waals surface area contributed by atoms with Gasteiger partial charge in [-0.05, 0) is 42.8 Å². The standard InChI is InChI=1S/C15H17ClN2O3S/c1-11-5-4-6-13(9-11)21-15-8-7-12(16)10-14(15)17-22(19,20)18(2)3/h4-10,17H,1-3H3. The van der Waals surface area contributed by atoms with Crippen LogP contribution in [0.15, 0.2) is 42.5 Å². The molecule has 7 heteroatoms. The lowest BCUT2D eigenvalue weighted by Gasteiger charge is -2.17. The van der Waals surface area contributed by atoms with Crippen LogP contribution in [-0.4, -0.2) is 26.8 Å². The van der Waals surface area contributed by atoms with E-state index < -0.39 is 10.2 Å². The normalized spacial score (nSPS) is 11.5. The van der Waals surface area contributed by atoms with E-state index in [1.807, 2.05) is 25.1 Å². The number of benzene rings is 2. The van der Waals surface area contributed by atoms with Gasteiger partial charge >= 0.3 is 10.2 Å². The Bertz CT molecular complexity index is 776. The minimum atomic E-state index is -3.65. The maximum absolute atomic E-state index is 12.0. The molecule has 0 heterocycles. The third kappa shape index (κ3) is 4.13. The fraction of sp³-hybridized carbons (Fsp3) is 0.200. The van der Waals surface area contributed by atoms with Crippen LogP contribution < -0.4 is 9.46 Å². The molecule has 0 aliphatic rings. The molecule has 0 radical (unpaired) electrons. The van der Waals surface area contributed by atoms with Gasteiger partial charge in [-0.1, -0.05) is 23.7 Å². The first-order valence-electron chi connectivity index (χ1n) is 6.52. The summed E-state index contributed by atoms with van der Waals surface area (Å²) in [7, 11) is -0.769. The lowest BCUT2D eigenvalue weighted by atomic mass is 10.2. The Morgan fingerprint density at radius 2 is 1.86 bits per heavy atom. The number of rotatable bonds is 5. The number of nitrogens with one attached hydrogen (secondary N) is 1. The molecular formula is C15H17ClN2O3S. The first-order valence-corrected chi connectivity index (χ1v) is 8.34. The van der Waals surface area contributed by atoms with Crippen LogP contribution in [0.1, 0.15) is 5.56 Å². The summed E-state index contributed by atoms with van der Waals surface area (Å²) in [6, 6.07) is 12.2. The third-order valence-electron chi connectivity index (χ3n) is 2.88. The van der Waals surface area contributed by atoms with Crippen molar-refractivity contribution in [1.29, 1.82) is 0 Å². The molecule has 118 valence electrons. The molecule has 22 heavy (non-hydrogen) atoms. The molecule has 0 amide bonds. The van der Waals surface area contributed by atoms with Crippen LogP contribution in [0.5, 0.6) is 11.5 Å². The summed E-state index contributed by atoms with van der Waals surface area (Å²) in [5, 5.41) is 0.410. The average Bonchev–Trinajstić information content (AvgIpc) is 2.41. The highest BCUT2D eigenvalue weighted by Gasteiger charge is 2.16. The molecule has 0 aliphatic carbocycles. The van der Waals surface area contributed by atoms with Gasteiger partial charge in [0.2, 0.25) is 0 Å². The van der Waals surface area contributed by atoms with Crippen molar-refractivity contribution in [1.82, 2.24) is 4.31 Å². The van der Waals surface area contributed by atoms with Crippen LogP contribution in [0.25, 0.3) is 0 Å². The number of hydrogen-bond donors (Lipinski definition) is 1. The summed E-state index contributed by atoms with van der Waals surface area (Å²) in [5.74, 6) is 0.994. The molecule has 0 saturated carbocycles. The van der Waals surface area contributed by atoms with E-state index in [4.69, 9.17) is 16.3 Å². The average molecular weight is 341 g/mol. The molecule has 0 atom stereocenters. The topological polar surface area (TPSA) is 58.6 Å². The molecule has 2 aromatic carbocycles. The molecule has 2 rings (SSSR count). The second-order valence-electron chi connectivity index (χ2n) is 4.95. The van der Waals surface area contributed by atoms with Gasteiger partial charge in [0.05, 0.1) is 5.69 Å². The van der Waals surface area contributed by atoms with Crippen molar-refractivity contribution in [3.8, 4) is 11.5 Å². The number of hydrogen-bond acceptors (Lipinski definition) is 3. The van der Waals surface area contributed by atoms with Crippen LogP contribution in [0.2, 0.25) is 5.02 Å². The first kappa shape index (κ1) is 16.6. The van der Waals surface area contributed by atoms with E-state index >= 15 is 0 Å². The van der Waals surface area contributed by atoms with Crippen molar-refractivity contribution in [2.45, 2.75) is 6.92 Å². The fourth-order valence-electron chi connectivity index (χ4n) is 1.71. The first-order chi connectivity index (χ1) is 10.3. The van der Waals surface area contributed by atoms with Crippen LogP contribution in [0, 0.1) is 6.92 Å². The molecule has 1 N–H and O–H groups in total. The number of halogens is 1. The minimum Gasteiger partial charge on any atom is -0.455 e. The maximum Gasteiger partial charge on any atom is 0.301 e. The number of nitrogens with zero attached hydrogens (tertiary/aromatic N) is 1. The van der Waals surface area contributed by atoms with E-state index in [1.165, 1.54) is 20.2 Å². The highest BCUT2D eigenvalue weighted by atomic mass is 35.5. The van der Waals surface area contributed by atoms with E-state index in [9.17, 15) is 8.42 Å². The predicted octanol–water partition coefficient (Wildman–Crippen LogP) is 3.66. The Hall–Kier alpha value is -1.76. The molecule has 0 aliphatic heterocycles. The summed E-state index contributed by atoms with van der Waals surface area (Å²) >= 11 is 5.95. The Labute approximate surface area is 135 Å². The lowest BCUT2D eigenvalue weighted by Crippen LogP contribution is -2.29. The van der Waals surface area contributed by atoms with Crippen LogP contribution in [-0.2, 0) is 10.2 Å². The zero-order valence-corrected chi connectivity index (χ0v) is 14.1. The van der Waals surface area contributed by atoms with E-state index in [0.717, 1.165) is 9.87 Å². The number of ether oxygens (including phenoxy) is 1. The number of aryl methyl sites for hydroxylation is 1. The smallest absolute Gasteiger partial charge is 0.301 e. The third-order valence-corrected chi connectivity index (χ3v) is 4.55. The Kier molecular flexibility index (Phi) is 4.95. The Morgan fingerprint density at radius 3 is 2.50 bits per heavy atom. The van der Waals surface area contributed by atoms with Crippen LogP contribution in [0.3, 0.4) is 0 Å².